The predicted octanol–water partition coefficient (Wildman–Crippen LogP) is 5.81. The number of alkyl halides is 1. The molecule has 0 aliphatic carbocycles. The second-order valence-corrected chi connectivity index (χ2v) is 6.36. The number of para-hydroxylation sites is 2. The van der Waals surface area contributed by atoms with Crippen LogP contribution in [-0.2, 0) is 6.42 Å². The number of benzene rings is 2. The largest absolute Gasteiger partial charge is 0.441 e. The normalized spacial score (nSPS) is 12.8. The molecule has 1 unspecified atom stereocenters. The Balaban J connectivity index is 1.86. The van der Waals surface area contributed by atoms with Gasteiger partial charge in [-0.25, -0.2) is 4.98 Å². The van der Waals surface area contributed by atoms with Gasteiger partial charge < -0.3 is 4.42 Å². The van der Waals surface area contributed by atoms with E-state index in [4.69, 9.17) is 27.6 Å². The fourth-order valence-electron chi connectivity index (χ4n) is 2.03. The van der Waals surface area contributed by atoms with Gasteiger partial charge in [0, 0.05) is 21.3 Å². The molecule has 2 nitrogen and oxygen atoms in total. The maximum atomic E-state index is 6.20. The van der Waals surface area contributed by atoms with Crippen molar-refractivity contribution in [2.75, 3.05) is 0 Å². The lowest BCUT2D eigenvalue weighted by atomic mass is 10.1. The monoisotopic (exact) mass is 369 g/mol. The minimum atomic E-state index is 0.0281. The van der Waals surface area contributed by atoms with E-state index in [0.29, 0.717) is 22.4 Å². The Morgan fingerprint density at radius 3 is 2.70 bits per heavy atom. The highest BCUT2D eigenvalue weighted by molar-refractivity contribution is 9.09. The smallest absolute Gasteiger partial charge is 0.196 e. The van der Waals surface area contributed by atoms with Crippen molar-refractivity contribution in [3.8, 4) is 0 Å². The Bertz CT molecular complexity index is 723. The van der Waals surface area contributed by atoms with Crippen molar-refractivity contribution in [1.29, 1.82) is 0 Å². The number of hydrogen-bond acceptors (Lipinski definition) is 2. The van der Waals surface area contributed by atoms with E-state index in [2.05, 4.69) is 20.9 Å². The third kappa shape index (κ3) is 2.85. The molecule has 0 aliphatic heterocycles. The molecule has 3 rings (SSSR count). The lowest BCUT2D eigenvalue weighted by Crippen LogP contribution is -1.96. The van der Waals surface area contributed by atoms with Gasteiger partial charge in [0.25, 0.3) is 0 Å². The second kappa shape index (κ2) is 5.76. The molecule has 5 heteroatoms. The highest BCUT2D eigenvalue weighted by atomic mass is 79.9. The molecule has 1 heterocycles. The number of oxazole rings is 1. The van der Waals surface area contributed by atoms with Gasteiger partial charge in [-0.1, -0.05) is 57.3 Å². The number of hydrogen-bond donors (Lipinski definition) is 0. The summed E-state index contributed by atoms with van der Waals surface area (Å²) in [5, 5.41) is 1.26. The Morgan fingerprint density at radius 1 is 1.15 bits per heavy atom. The van der Waals surface area contributed by atoms with Crippen LogP contribution in [0.5, 0.6) is 0 Å². The average molecular weight is 371 g/mol. The molecule has 1 aromatic heterocycles. The molecular weight excluding hydrogens is 361 g/mol. The average Bonchev–Trinajstić information content (AvgIpc) is 2.80. The van der Waals surface area contributed by atoms with Crippen molar-refractivity contribution < 1.29 is 4.42 Å². The summed E-state index contributed by atoms with van der Waals surface area (Å²) < 4.78 is 5.71. The van der Waals surface area contributed by atoms with Gasteiger partial charge in [-0.15, -0.1) is 0 Å². The third-order valence-electron chi connectivity index (χ3n) is 2.99. The molecule has 1 atom stereocenters. The molecule has 2 aromatic carbocycles. The van der Waals surface area contributed by atoms with Crippen LogP contribution in [-0.4, -0.2) is 4.98 Å². The van der Waals surface area contributed by atoms with Crippen molar-refractivity contribution in [3.05, 3.63) is 64.0 Å². The SMILES string of the molecule is Clc1ccc(C(Br)Cc2nc3ccccc3o2)c(Cl)c1. The van der Waals surface area contributed by atoms with Gasteiger partial charge in [-0.05, 0) is 29.8 Å². The number of fused-ring (bicyclic) bond motifs is 1. The Kier molecular flexibility index (Phi) is 4.01. The van der Waals surface area contributed by atoms with Crippen molar-refractivity contribution in [2.24, 2.45) is 0 Å². The number of halogens is 3. The molecule has 0 saturated carbocycles. The van der Waals surface area contributed by atoms with E-state index < -0.39 is 0 Å². The van der Waals surface area contributed by atoms with Gasteiger partial charge in [0.05, 0.1) is 0 Å². The van der Waals surface area contributed by atoms with Crippen molar-refractivity contribution in [1.82, 2.24) is 4.98 Å². The maximum Gasteiger partial charge on any atom is 0.196 e. The first-order valence-corrected chi connectivity index (χ1v) is 7.74. The summed E-state index contributed by atoms with van der Waals surface area (Å²) in [5.41, 5.74) is 2.63. The summed E-state index contributed by atoms with van der Waals surface area (Å²) in [6.07, 6.45) is 0.621. The van der Waals surface area contributed by atoms with Gasteiger partial charge in [-0.2, -0.15) is 0 Å². The quantitative estimate of drug-likeness (QED) is 0.543. The molecule has 0 bridgehead atoms. The van der Waals surface area contributed by atoms with E-state index in [1.54, 1.807) is 6.07 Å². The molecule has 102 valence electrons. The first-order valence-electron chi connectivity index (χ1n) is 6.07. The lowest BCUT2D eigenvalue weighted by molar-refractivity contribution is 0.527. The zero-order chi connectivity index (χ0) is 14.1. The maximum absolute atomic E-state index is 6.20. The Labute approximate surface area is 134 Å². The molecule has 0 spiro atoms. The molecule has 0 N–H and O–H groups in total. The topological polar surface area (TPSA) is 26.0 Å². The molecule has 0 saturated heterocycles. The zero-order valence-corrected chi connectivity index (χ0v) is 13.4. The summed E-state index contributed by atoms with van der Waals surface area (Å²) >= 11 is 15.7. The number of rotatable bonds is 3. The molecular formula is C15H10BrCl2NO. The molecule has 0 fully saturated rings. The summed E-state index contributed by atoms with van der Waals surface area (Å²) in [7, 11) is 0. The van der Waals surface area contributed by atoms with Crippen LogP contribution in [0.4, 0.5) is 0 Å². The zero-order valence-electron chi connectivity index (χ0n) is 10.3. The molecule has 0 amide bonds. The van der Waals surface area contributed by atoms with Crippen LogP contribution >= 0.6 is 39.1 Å². The van der Waals surface area contributed by atoms with Crippen molar-refractivity contribution in [2.45, 2.75) is 11.2 Å². The predicted molar refractivity (Wildman–Crippen MR) is 85.8 cm³/mol. The Hall–Kier alpha value is -1.03. The minimum Gasteiger partial charge on any atom is -0.441 e. The summed E-state index contributed by atoms with van der Waals surface area (Å²) in [5.74, 6) is 0.680. The van der Waals surface area contributed by atoms with Crippen molar-refractivity contribution >= 4 is 50.2 Å². The van der Waals surface area contributed by atoms with Gasteiger partial charge in [0.2, 0.25) is 0 Å². The van der Waals surface area contributed by atoms with Crippen LogP contribution < -0.4 is 0 Å². The summed E-state index contributed by atoms with van der Waals surface area (Å²) in [6.45, 7) is 0. The standard InChI is InChI=1S/C15H10BrCl2NO/c16-11(10-6-5-9(17)7-12(10)18)8-15-19-13-3-1-2-4-14(13)20-15/h1-7,11H,8H2. The van der Waals surface area contributed by atoms with Crippen LogP contribution in [0.1, 0.15) is 16.3 Å². The van der Waals surface area contributed by atoms with E-state index in [0.717, 1.165) is 16.7 Å². The van der Waals surface area contributed by atoms with E-state index in [1.807, 2.05) is 36.4 Å². The molecule has 3 aromatic rings. The highest BCUT2D eigenvalue weighted by Crippen LogP contribution is 2.34. The number of aromatic nitrogens is 1. The van der Waals surface area contributed by atoms with Crippen LogP contribution in [0.3, 0.4) is 0 Å². The van der Waals surface area contributed by atoms with Gasteiger partial charge in [0.15, 0.2) is 11.5 Å². The van der Waals surface area contributed by atoms with E-state index in [1.165, 1.54) is 0 Å². The third-order valence-corrected chi connectivity index (χ3v) is 4.37. The van der Waals surface area contributed by atoms with Gasteiger partial charge in [-0.3, -0.25) is 0 Å². The molecule has 0 radical (unpaired) electrons. The summed E-state index contributed by atoms with van der Waals surface area (Å²) in [6, 6.07) is 13.2. The second-order valence-electron chi connectivity index (χ2n) is 4.41. The van der Waals surface area contributed by atoms with Gasteiger partial charge in [0.1, 0.15) is 5.52 Å². The van der Waals surface area contributed by atoms with E-state index >= 15 is 0 Å². The number of nitrogens with zero attached hydrogens (tertiary/aromatic N) is 1. The van der Waals surface area contributed by atoms with Crippen LogP contribution in [0, 0.1) is 0 Å². The molecule has 0 aliphatic rings. The fraction of sp³-hybridized carbons (Fsp3) is 0.133. The van der Waals surface area contributed by atoms with Crippen molar-refractivity contribution in [3.63, 3.8) is 0 Å². The summed E-state index contributed by atoms with van der Waals surface area (Å²) in [4.78, 5) is 4.49. The van der Waals surface area contributed by atoms with Gasteiger partial charge >= 0.3 is 0 Å². The first-order chi connectivity index (χ1) is 9.63. The molecule has 20 heavy (non-hydrogen) atoms. The lowest BCUT2D eigenvalue weighted by Gasteiger charge is -2.10. The first kappa shape index (κ1) is 13.9. The van der Waals surface area contributed by atoms with Crippen LogP contribution in [0.25, 0.3) is 11.1 Å². The Morgan fingerprint density at radius 2 is 1.95 bits per heavy atom. The van der Waals surface area contributed by atoms with Crippen LogP contribution in [0.2, 0.25) is 10.0 Å². The van der Waals surface area contributed by atoms with E-state index in [9.17, 15) is 0 Å². The fourth-order valence-corrected chi connectivity index (χ4v) is 3.37. The highest BCUT2D eigenvalue weighted by Gasteiger charge is 2.16. The minimum absolute atomic E-state index is 0.0281. The van der Waals surface area contributed by atoms with Crippen LogP contribution in [0.15, 0.2) is 46.9 Å². The van der Waals surface area contributed by atoms with E-state index in [-0.39, 0.29) is 4.83 Å².